The van der Waals surface area contributed by atoms with E-state index in [1.54, 1.807) is 0 Å². The van der Waals surface area contributed by atoms with Crippen LogP contribution in [0.3, 0.4) is 0 Å². The molecule has 0 bridgehead atoms. The van der Waals surface area contributed by atoms with Crippen molar-refractivity contribution < 1.29 is 18.0 Å². The molecule has 4 aromatic rings. The average molecular weight is 1020 g/mol. The molecule has 1 spiro atoms. The Morgan fingerprint density at radius 3 is 0.879 bits per heavy atom. The van der Waals surface area contributed by atoms with E-state index < -0.39 is 16.1 Å². The first-order chi connectivity index (χ1) is 26.1. The summed E-state index contributed by atoms with van der Waals surface area (Å²) in [7, 11) is 25.0. The minimum absolute atomic E-state index is 0.0416. The molecule has 0 N–H and O–H groups in total. The van der Waals surface area contributed by atoms with E-state index in [1.807, 2.05) is 0 Å². The molecule has 316 valence electrons. The SMILES string of the molecule is CC(C)(C)c1ccc(C2=[O+][B-]3(OC(c4ccc(C(C)(C)C)cc4)C2)OC(c2ccc(C(C)(C)C)cc2)CC(c2ccc(C(C)(C)C)cc2)=[O+]3)cc1.[Cl][Sb-]([Cl])([Cl])([Cl])([Cl])[Cl]. The zero-order valence-corrected chi connectivity index (χ0v) is 42.8. The summed E-state index contributed by atoms with van der Waals surface area (Å²) >= 11 is 0. The van der Waals surface area contributed by atoms with Gasteiger partial charge in [-0.1, -0.05) is 156 Å². The maximum absolute atomic E-state index is 6.97. The van der Waals surface area contributed by atoms with Crippen molar-refractivity contribution in [1.82, 2.24) is 0 Å². The van der Waals surface area contributed by atoms with Crippen LogP contribution in [0.15, 0.2) is 97.1 Å². The molecule has 2 atom stereocenters. The van der Waals surface area contributed by atoms with E-state index in [2.05, 4.69) is 180 Å². The van der Waals surface area contributed by atoms with Gasteiger partial charge in [0.15, 0.2) is 0 Å². The van der Waals surface area contributed by atoms with Gasteiger partial charge in [0.05, 0.1) is 36.2 Å². The summed E-state index contributed by atoms with van der Waals surface area (Å²) in [4.78, 5) is 0. The predicted molar refractivity (Wildman–Crippen MR) is 253 cm³/mol. The van der Waals surface area contributed by atoms with Crippen LogP contribution >= 0.6 is 53.0 Å². The Morgan fingerprint density at radius 1 is 0.431 bits per heavy atom. The molecule has 0 amide bonds. The van der Waals surface area contributed by atoms with Gasteiger partial charge in [-0.3, -0.25) is 0 Å². The first-order valence-corrected chi connectivity index (χ1v) is 39.1. The van der Waals surface area contributed by atoms with Crippen LogP contribution in [-0.2, 0) is 31.0 Å². The summed E-state index contributed by atoms with van der Waals surface area (Å²) in [6.07, 6.45) is 0.439. The summed E-state index contributed by atoms with van der Waals surface area (Å²) in [6.45, 7) is 24.1. The van der Waals surface area contributed by atoms with Crippen molar-refractivity contribution in [3.63, 3.8) is 0 Å². The first kappa shape index (κ1) is 47.8. The van der Waals surface area contributed by atoms with E-state index in [-0.39, 0.29) is 33.9 Å². The minimum atomic E-state index is -5.42. The molecule has 4 aromatic carbocycles. The van der Waals surface area contributed by atoms with E-state index in [9.17, 15) is 0 Å². The van der Waals surface area contributed by atoms with E-state index >= 15 is 0 Å². The normalized spacial score (nSPS) is 21.9. The van der Waals surface area contributed by atoms with Gasteiger partial charge in [0.1, 0.15) is 0 Å². The number of rotatable bonds is 4. The average Bonchev–Trinajstić information content (AvgIpc) is 3.08. The Labute approximate surface area is 366 Å². The van der Waals surface area contributed by atoms with E-state index in [0.717, 1.165) is 33.8 Å². The van der Waals surface area contributed by atoms with Crippen molar-refractivity contribution in [1.29, 1.82) is 0 Å². The zero-order valence-electron chi connectivity index (χ0n) is 35.7. The summed E-state index contributed by atoms with van der Waals surface area (Å²) in [6, 6.07) is 35.0. The fourth-order valence-corrected chi connectivity index (χ4v) is 6.92. The third kappa shape index (κ3) is 13.9. The number of halogens is 6. The van der Waals surface area contributed by atoms with Gasteiger partial charge in [0.2, 0.25) is 0 Å². The quantitative estimate of drug-likeness (QED) is 0.151. The molecule has 0 saturated heterocycles. The number of hydrogen-bond donors (Lipinski definition) is 0. The fraction of sp³-hybridized carbons (Fsp3) is 0.435. The van der Waals surface area contributed by atoms with Gasteiger partial charge in [-0.25, -0.2) is 0 Å². The van der Waals surface area contributed by atoms with Crippen molar-refractivity contribution in [2.24, 2.45) is 0 Å². The summed E-state index contributed by atoms with van der Waals surface area (Å²) < 4.78 is 27.8. The molecule has 0 aromatic heterocycles. The molecule has 0 fully saturated rings. The number of ketones is 2. The Morgan fingerprint density at radius 2 is 0.655 bits per heavy atom. The maximum atomic E-state index is 6.97. The van der Waals surface area contributed by atoms with Crippen molar-refractivity contribution in [3.05, 3.63) is 142 Å². The van der Waals surface area contributed by atoms with Crippen molar-refractivity contribution in [3.8, 4) is 0 Å². The van der Waals surface area contributed by atoms with Crippen molar-refractivity contribution in [2.75, 3.05) is 0 Å². The number of hydrogen-bond acceptors (Lipinski definition) is 2. The number of carbonyl (C=O) groups excluding carboxylic acids is 2. The van der Waals surface area contributed by atoms with Gasteiger partial charge in [-0.15, -0.1) is 0 Å². The van der Waals surface area contributed by atoms with Gasteiger partial charge < -0.3 is 18.0 Å². The molecule has 6 rings (SSSR count). The third-order valence-electron chi connectivity index (χ3n) is 10.4. The number of benzene rings is 4. The summed E-state index contributed by atoms with van der Waals surface area (Å²) in [5, 5.41) is 0. The topological polar surface area (TPSA) is 41.1 Å². The second kappa shape index (κ2) is 16.1. The molecular formula is C46H58BCl6O4Sb. The Bertz CT molecular complexity index is 1980. The van der Waals surface area contributed by atoms with Crippen LogP contribution in [0.4, 0.5) is 0 Å². The molecule has 0 saturated carbocycles. The van der Waals surface area contributed by atoms with Crippen LogP contribution in [0.5, 0.6) is 0 Å². The molecule has 2 unspecified atom stereocenters. The van der Waals surface area contributed by atoms with E-state index in [4.69, 9.17) is 71.0 Å². The molecule has 0 radical (unpaired) electrons. The fourth-order valence-electron chi connectivity index (χ4n) is 6.92. The monoisotopic (exact) mass is 1020 g/mol. The van der Waals surface area contributed by atoms with Gasteiger partial charge >= 0.3 is 69.1 Å². The second-order valence-electron chi connectivity index (χ2n) is 19.7. The van der Waals surface area contributed by atoms with Gasteiger partial charge in [-0.2, -0.15) is 0 Å². The van der Waals surface area contributed by atoms with Crippen molar-refractivity contribution >= 4 is 80.6 Å². The van der Waals surface area contributed by atoms with Crippen LogP contribution in [0, 0.1) is 0 Å². The summed E-state index contributed by atoms with van der Waals surface area (Å²) in [5.41, 5.74) is 9.41. The van der Waals surface area contributed by atoms with Crippen molar-refractivity contribution in [2.45, 2.75) is 130 Å². The third-order valence-corrected chi connectivity index (χ3v) is 10.4. The molecule has 2 aliphatic heterocycles. The Kier molecular flexibility index (Phi) is 13.3. The molecule has 2 heterocycles. The molecular weight excluding hydrogens is 962 g/mol. The van der Waals surface area contributed by atoms with E-state index in [1.165, 1.54) is 22.3 Å². The molecule has 2 aliphatic rings. The molecule has 4 nitrogen and oxygen atoms in total. The van der Waals surface area contributed by atoms with Crippen LogP contribution in [0.1, 0.15) is 161 Å². The van der Waals surface area contributed by atoms with E-state index in [0.29, 0.717) is 12.8 Å². The van der Waals surface area contributed by atoms with Crippen LogP contribution < -0.4 is 0 Å². The van der Waals surface area contributed by atoms with Gasteiger partial charge in [0, 0.05) is 0 Å². The van der Waals surface area contributed by atoms with Gasteiger partial charge in [0.25, 0.3) is 11.6 Å². The summed E-state index contributed by atoms with van der Waals surface area (Å²) in [5.74, 6) is 1.61. The molecule has 58 heavy (non-hydrogen) atoms. The van der Waals surface area contributed by atoms with Crippen LogP contribution in [0.25, 0.3) is 0 Å². The second-order valence-corrected chi connectivity index (χ2v) is 76.6. The first-order valence-electron chi connectivity index (χ1n) is 19.7. The Balaban J connectivity index is 0.000000839. The molecule has 0 aliphatic carbocycles. The zero-order chi connectivity index (χ0) is 43.4. The molecule has 12 heteroatoms. The van der Waals surface area contributed by atoms with Gasteiger partial charge in [-0.05, 0) is 79.3 Å². The standard InChI is InChI=1S/C46H58BO4.6ClH.Sb/c1-43(2,3)35-21-13-31(14-22-35)39-29-40(32-15-23-36(24-16-32)44(4,5)6)49-47(48-39)50-41(33-17-25-37(26-18-33)45(7,8)9)30-42(51-47)34-19-27-38(28-20-34)46(10,11)12;;;;;;;/h13-28,39,41H,29-30H2,1-12H3;6*1H;/q+1;;;;;;;+5/p-6. The predicted octanol–water partition coefficient (Wildman–Crippen LogP) is 15.5. The van der Waals surface area contributed by atoms with Crippen LogP contribution in [0.2, 0.25) is 0 Å². The Hall–Kier alpha value is -1.24. The van der Waals surface area contributed by atoms with Crippen LogP contribution in [-0.4, -0.2) is 27.7 Å².